The number of amides is 1. The van der Waals surface area contributed by atoms with Crippen molar-refractivity contribution in [3.63, 3.8) is 0 Å². The fourth-order valence-corrected chi connectivity index (χ4v) is 6.03. The van der Waals surface area contributed by atoms with E-state index >= 15 is 0 Å². The van der Waals surface area contributed by atoms with Crippen LogP contribution in [0.4, 0.5) is 0 Å². The highest BCUT2D eigenvalue weighted by atomic mass is 35.5. The number of hydrogen-bond acceptors (Lipinski definition) is 8. The first kappa shape index (κ1) is 25.3. The summed E-state index contributed by atoms with van der Waals surface area (Å²) >= 11 is 15.3. The molecular weight excluding hydrogens is 539 g/mol. The molecule has 0 saturated carbocycles. The summed E-state index contributed by atoms with van der Waals surface area (Å²) < 4.78 is 7.43. The lowest BCUT2D eigenvalue weighted by molar-refractivity contribution is 0.0942. The first-order valence-electron chi connectivity index (χ1n) is 11.6. The Morgan fingerprint density at radius 3 is 2.78 bits per heavy atom. The third-order valence-corrected chi connectivity index (χ3v) is 8.52. The van der Waals surface area contributed by atoms with Gasteiger partial charge in [0, 0.05) is 18.5 Å². The van der Waals surface area contributed by atoms with Crippen LogP contribution in [0, 0.1) is 0 Å². The van der Waals surface area contributed by atoms with Crippen LogP contribution in [-0.2, 0) is 5.75 Å². The summed E-state index contributed by atoms with van der Waals surface area (Å²) in [7, 11) is 0. The maximum Gasteiger partial charge on any atom is 0.270 e. The van der Waals surface area contributed by atoms with Crippen LogP contribution in [0.2, 0.25) is 10.0 Å². The molecule has 36 heavy (non-hydrogen) atoms. The van der Waals surface area contributed by atoms with Gasteiger partial charge in [-0.1, -0.05) is 41.4 Å². The number of aromatic nitrogens is 4. The SMILES string of the molecule is O=C(NCCN1CCCCC1)c1csc(CSc2nnc(-c3ccco3)n2-c2ccc(Cl)c(Cl)c2)n1. The number of thioether (sulfide) groups is 1. The fourth-order valence-electron chi connectivity index (χ4n) is 3.99. The summed E-state index contributed by atoms with van der Waals surface area (Å²) in [4.78, 5) is 19.5. The van der Waals surface area contributed by atoms with Gasteiger partial charge in [-0.15, -0.1) is 21.5 Å². The minimum atomic E-state index is -0.140. The Morgan fingerprint density at radius 2 is 2.00 bits per heavy atom. The van der Waals surface area contributed by atoms with Crippen molar-refractivity contribution in [1.82, 2.24) is 30.0 Å². The van der Waals surface area contributed by atoms with E-state index in [0.29, 0.717) is 44.8 Å². The normalized spacial score (nSPS) is 14.3. The standard InChI is InChI=1S/C24H24Cl2N6O2S2/c25-17-7-6-16(13-18(17)26)32-22(20-5-4-12-34-20)29-30-24(32)36-15-21-28-19(14-35-21)23(33)27-8-11-31-9-2-1-3-10-31/h4-7,12-14H,1-3,8-11,15H2,(H,27,33). The van der Waals surface area contributed by atoms with Crippen molar-refractivity contribution in [1.29, 1.82) is 0 Å². The number of piperidine rings is 1. The first-order chi connectivity index (χ1) is 17.6. The lowest BCUT2D eigenvalue weighted by Gasteiger charge is -2.26. The molecule has 4 heterocycles. The molecule has 1 amide bonds. The molecule has 0 radical (unpaired) electrons. The number of nitrogens with zero attached hydrogens (tertiary/aromatic N) is 5. The number of benzene rings is 1. The minimum Gasteiger partial charge on any atom is -0.461 e. The number of carbonyl (C=O) groups is 1. The van der Waals surface area contributed by atoms with Crippen molar-refractivity contribution in [3.8, 4) is 17.3 Å². The number of carbonyl (C=O) groups excluding carboxylic acids is 1. The van der Waals surface area contributed by atoms with Crippen molar-refractivity contribution in [2.45, 2.75) is 30.2 Å². The molecule has 0 unspecified atom stereocenters. The highest BCUT2D eigenvalue weighted by Crippen LogP contribution is 2.33. The number of thiazole rings is 1. The van der Waals surface area contributed by atoms with Gasteiger partial charge in [0.25, 0.3) is 5.91 Å². The molecule has 5 rings (SSSR count). The third kappa shape index (κ3) is 5.95. The van der Waals surface area contributed by atoms with Crippen LogP contribution in [0.25, 0.3) is 17.3 Å². The van der Waals surface area contributed by atoms with Gasteiger partial charge >= 0.3 is 0 Å². The van der Waals surface area contributed by atoms with Crippen LogP contribution in [-0.4, -0.2) is 56.7 Å². The maximum absolute atomic E-state index is 12.6. The molecule has 3 aromatic heterocycles. The Bertz CT molecular complexity index is 1320. The predicted octanol–water partition coefficient (Wildman–Crippen LogP) is 5.80. The largest absolute Gasteiger partial charge is 0.461 e. The zero-order valence-corrected chi connectivity index (χ0v) is 22.5. The van der Waals surface area contributed by atoms with E-state index in [1.165, 1.54) is 42.4 Å². The molecule has 0 bridgehead atoms. The van der Waals surface area contributed by atoms with E-state index in [1.807, 2.05) is 16.7 Å². The molecule has 4 aromatic rings. The summed E-state index contributed by atoms with van der Waals surface area (Å²) in [6.45, 7) is 3.73. The predicted molar refractivity (Wildman–Crippen MR) is 143 cm³/mol. The van der Waals surface area contributed by atoms with Gasteiger partial charge in [-0.05, 0) is 56.3 Å². The quantitative estimate of drug-likeness (QED) is 0.258. The van der Waals surface area contributed by atoms with Gasteiger partial charge in [-0.3, -0.25) is 9.36 Å². The summed E-state index contributed by atoms with van der Waals surface area (Å²) in [6.07, 6.45) is 5.37. The molecule has 188 valence electrons. The van der Waals surface area contributed by atoms with Crippen molar-refractivity contribution in [3.05, 3.63) is 62.7 Å². The van der Waals surface area contributed by atoms with Gasteiger partial charge in [0.2, 0.25) is 5.82 Å². The average Bonchev–Trinajstić information content (AvgIpc) is 3.66. The minimum absolute atomic E-state index is 0.140. The molecule has 0 aliphatic carbocycles. The Morgan fingerprint density at radius 1 is 1.14 bits per heavy atom. The van der Waals surface area contributed by atoms with Crippen LogP contribution in [0.1, 0.15) is 34.8 Å². The number of hydrogen-bond donors (Lipinski definition) is 1. The summed E-state index contributed by atoms with van der Waals surface area (Å²) in [5.74, 6) is 1.52. The van der Waals surface area contributed by atoms with Crippen molar-refractivity contribution in [2.24, 2.45) is 0 Å². The van der Waals surface area contributed by atoms with Crippen LogP contribution in [0.3, 0.4) is 0 Å². The second-order valence-electron chi connectivity index (χ2n) is 8.29. The summed E-state index contributed by atoms with van der Waals surface area (Å²) in [5.41, 5.74) is 1.20. The van der Waals surface area contributed by atoms with Crippen molar-refractivity contribution >= 4 is 52.2 Å². The molecule has 1 N–H and O–H groups in total. The Kier molecular flexibility index (Phi) is 8.28. The lowest BCUT2D eigenvalue weighted by atomic mass is 10.1. The van der Waals surface area contributed by atoms with Gasteiger partial charge in [0.1, 0.15) is 10.7 Å². The van der Waals surface area contributed by atoms with Crippen LogP contribution < -0.4 is 5.32 Å². The Hall–Kier alpha value is -2.37. The summed E-state index contributed by atoms with van der Waals surface area (Å²) in [6, 6.07) is 8.97. The number of likely N-dealkylation sites (tertiary alicyclic amines) is 1. The molecule has 12 heteroatoms. The van der Waals surface area contributed by atoms with Crippen LogP contribution in [0.15, 0.2) is 51.5 Å². The zero-order valence-electron chi connectivity index (χ0n) is 19.3. The molecular formula is C24H24Cl2N6O2S2. The zero-order chi connectivity index (χ0) is 24.9. The summed E-state index contributed by atoms with van der Waals surface area (Å²) in [5, 5.41) is 15.9. The third-order valence-electron chi connectivity index (χ3n) is 5.81. The van der Waals surface area contributed by atoms with Crippen molar-refractivity contribution in [2.75, 3.05) is 26.2 Å². The Balaban J connectivity index is 1.26. The van der Waals surface area contributed by atoms with E-state index in [2.05, 4.69) is 25.4 Å². The number of furan rings is 1. The van der Waals surface area contributed by atoms with Gasteiger partial charge in [-0.2, -0.15) is 0 Å². The fraction of sp³-hybridized carbons (Fsp3) is 0.333. The highest BCUT2D eigenvalue weighted by molar-refractivity contribution is 7.98. The molecule has 1 saturated heterocycles. The van der Waals surface area contributed by atoms with Gasteiger partial charge in [0.15, 0.2) is 10.9 Å². The molecule has 1 aliphatic rings. The van der Waals surface area contributed by atoms with Crippen LogP contribution in [0.5, 0.6) is 0 Å². The van der Waals surface area contributed by atoms with Gasteiger partial charge < -0.3 is 14.6 Å². The second kappa shape index (κ2) is 11.8. The number of halogens is 2. The van der Waals surface area contributed by atoms with E-state index < -0.39 is 0 Å². The van der Waals surface area contributed by atoms with Crippen LogP contribution >= 0.6 is 46.3 Å². The van der Waals surface area contributed by atoms with Gasteiger partial charge in [0.05, 0.1) is 27.7 Å². The average molecular weight is 564 g/mol. The van der Waals surface area contributed by atoms with E-state index in [1.54, 1.807) is 29.8 Å². The number of nitrogens with one attached hydrogen (secondary N) is 1. The topological polar surface area (TPSA) is 89.1 Å². The molecule has 8 nitrogen and oxygen atoms in total. The monoisotopic (exact) mass is 562 g/mol. The molecule has 1 fully saturated rings. The molecule has 0 atom stereocenters. The van der Waals surface area contributed by atoms with Crippen molar-refractivity contribution < 1.29 is 9.21 Å². The Labute approximate surface area is 227 Å². The molecule has 1 aliphatic heterocycles. The first-order valence-corrected chi connectivity index (χ1v) is 14.2. The second-order valence-corrected chi connectivity index (χ2v) is 11.0. The maximum atomic E-state index is 12.6. The van der Waals surface area contributed by atoms with E-state index in [9.17, 15) is 4.79 Å². The smallest absolute Gasteiger partial charge is 0.270 e. The van der Waals surface area contributed by atoms with E-state index in [0.717, 1.165) is 30.3 Å². The highest BCUT2D eigenvalue weighted by Gasteiger charge is 2.20. The molecule has 0 spiro atoms. The number of rotatable bonds is 9. The van der Waals surface area contributed by atoms with E-state index in [-0.39, 0.29) is 5.91 Å². The van der Waals surface area contributed by atoms with Gasteiger partial charge in [-0.25, -0.2) is 4.98 Å². The molecule has 1 aromatic carbocycles. The van der Waals surface area contributed by atoms with E-state index in [4.69, 9.17) is 27.6 Å². The lowest BCUT2D eigenvalue weighted by Crippen LogP contribution is -2.37.